The van der Waals surface area contributed by atoms with Crippen LogP contribution in [0.2, 0.25) is 0 Å². The average molecular weight is 132 g/mol. The minimum absolute atomic E-state index is 0.0394. The Labute approximate surface area is 51.9 Å². The van der Waals surface area contributed by atoms with E-state index in [9.17, 15) is 9.18 Å². The second-order valence-corrected chi connectivity index (χ2v) is 2.06. The summed E-state index contributed by atoms with van der Waals surface area (Å²) in [5, 5.41) is 10.8. The van der Waals surface area contributed by atoms with Gasteiger partial charge < -0.3 is 10.4 Å². The molecule has 1 rings (SSSR count). The molecule has 1 saturated heterocycles. The minimum Gasteiger partial charge on any atom is -0.479 e. The molecule has 0 spiro atoms. The Morgan fingerprint density at radius 1 is 1.89 bits per heavy atom. The Morgan fingerprint density at radius 3 is 2.78 bits per heavy atom. The lowest BCUT2D eigenvalue weighted by Gasteiger charge is -2.09. The van der Waals surface area contributed by atoms with Crippen molar-refractivity contribution in [3.05, 3.63) is 6.54 Å². The molecular formula is C5H7FNO2. The summed E-state index contributed by atoms with van der Waals surface area (Å²) in [6.07, 6.45) is -0.0394. The van der Waals surface area contributed by atoms with Crippen molar-refractivity contribution in [2.75, 3.05) is 6.54 Å². The third kappa shape index (κ3) is 1.03. The quantitative estimate of drug-likeness (QED) is 0.525. The highest BCUT2D eigenvalue weighted by Crippen LogP contribution is 2.21. The van der Waals surface area contributed by atoms with Crippen LogP contribution in [0.15, 0.2) is 0 Å². The fraction of sp³-hybridized carbons (Fsp3) is 0.600. The summed E-state index contributed by atoms with van der Waals surface area (Å²) in [4.78, 5) is 10.1. The van der Waals surface area contributed by atoms with Crippen molar-refractivity contribution in [1.82, 2.24) is 5.32 Å². The molecule has 4 heteroatoms. The van der Waals surface area contributed by atoms with Crippen LogP contribution in [-0.2, 0) is 4.79 Å². The van der Waals surface area contributed by atoms with Crippen molar-refractivity contribution in [2.45, 2.75) is 12.1 Å². The van der Waals surface area contributed by atoms with Crippen molar-refractivity contribution >= 4 is 5.97 Å². The van der Waals surface area contributed by atoms with Crippen molar-refractivity contribution < 1.29 is 14.3 Å². The van der Waals surface area contributed by atoms with Gasteiger partial charge in [-0.25, -0.2) is 9.18 Å². The first kappa shape index (κ1) is 6.48. The predicted octanol–water partition coefficient (Wildman–Crippen LogP) is -0.0656. The zero-order valence-electron chi connectivity index (χ0n) is 4.72. The maximum absolute atomic E-state index is 12.7. The molecule has 1 aliphatic heterocycles. The van der Waals surface area contributed by atoms with Crippen LogP contribution >= 0.6 is 0 Å². The molecular weight excluding hydrogens is 125 g/mol. The molecule has 1 aliphatic rings. The molecule has 2 N–H and O–H groups in total. The molecule has 1 radical (unpaired) electrons. The summed E-state index contributed by atoms with van der Waals surface area (Å²) in [5.74, 6) is -1.39. The second kappa shape index (κ2) is 1.95. The van der Waals surface area contributed by atoms with E-state index in [2.05, 4.69) is 5.32 Å². The highest BCUT2D eigenvalue weighted by molar-refractivity contribution is 5.78. The summed E-state index contributed by atoms with van der Waals surface area (Å²) in [6, 6.07) is 0. The molecule has 1 unspecified atom stereocenters. The number of carboxylic acid groups (broad SMARTS) is 1. The third-order valence-corrected chi connectivity index (χ3v) is 1.34. The Hall–Kier alpha value is -0.640. The molecule has 9 heavy (non-hydrogen) atoms. The lowest BCUT2D eigenvalue weighted by atomic mass is 10.1. The molecule has 0 aliphatic carbocycles. The number of aliphatic carboxylic acids is 1. The largest absolute Gasteiger partial charge is 0.479 e. The number of carbonyl (C=O) groups is 1. The molecule has 1 fully saturated rings. The van der Waals surface area contributed by atoms with Gasteiger partial charge in [0.05, 0.1) is 0 Å². The van der Waals surface area contributed by atoms with Gasteiger partial charge in [0.1, 0.15) is 0 Å². The lowest BCUT2D eigenvalue weighted by Crippen LogP contribution is -2.35. The van der Waals surface area contributed by atoms with E-state index in [4.69, 9.17) is 5.11 Å². The maximum Gasteiger partial charge on any atom is 0.342 e. The molecule has 51 valence electrons. The maximum atomic E-state index is 12.7. The van der Waals surface area contributed by atoms with Gasteiger partial charge in [0, 0.05) is 19.5 Å². The molecule has 1 heterocycles. The van der Waals surface area contributed by atoms with Gasteiger partial charge in [-0.1, -0.05) is 0 Å². The number of halogens is 1. The number of hydrogen-bond donors (Lipinski definition) is 2. The standard InChI is InChI=1S/C5H7FNO2/c6-5(4(8)9)1-2-7-3-5/h2,7H,1,3H2,(H,8,9). The topological polar surface area (TPSA) is 49.3 Å². The van der Waals surface area contributed by atoms with Gasteiger partial charge in [-0.05, 0) is 0 Å². The van der Waals surface area contributed by atoms with Gasteiger partial charge in [-0.2, -0.15) is 0 Å². The van der Waals surface area contributed by atoms with E-state index in [0.717, 1.165) is 0 Å². The van der Waals surface area contributed by atoms with Crippen LogP contribution in [0.5, 0.6) is 0 Å². The first-order valence-electron chi connectivity index (χ1n) is 2.62. The summed E-state index contributed by atoms with van der Waals surface area (Å²) < 4.78 is 12.7. The van der Waals surface area contributed by atoms with Gasteiger partial charge in [-0.3, -0.25) is 0 Å². The minimum atomic E-state index is -2.06. The zero-order chi connectivity index (χ0) is 6.91. The first-order chi connectivity index (χ1) is 4.15. The summed E-state index contributed by atoms with van der Waals surface area (Å²) in [5.41, 5.74) is -2.06. The number of carboxylic acids is 1. The van der Waals surface area contributed by atoms with Gasteiger partial charge in [0.15, 0.2) is 0 Å². The molecule has 0 aromatic rings. The SMILES string of the molecule is O=C(O)C1(F)C[CH]NC1. The van der Waals surface area contributed by atoms with Crippen LogP contribution in [0.1, 0.15) is 6.42 Å². The highest BCUT2D eigenvalue weighted by atomic mass is 19.1. The first-order valence-corrected chi connectivity index (χ1v) is 2.62. The smallest absolute Gasteiger partial charge is 0.342 e. The van der Waals surface area contributed by atoms with Crippen LogP contribution < -0.4 is 5.32 Å². The fourth-order valence-corrected chi connectivity index (χ4v) is 0.703. The van der Waals surface area contributed by atoms with Crippen LogP contribution in [-0.4, -0.2) is 23.3 Å². The van der Waals surface area contributed by atoms with E-state index >= 15 is 0 Å². The fourth-order valence-electron chi connectivity index (χ4n) is 0.703. The highest BCUT2D eigenvalue weighted by Gasteiger charge is 2.41. The summed E-state index contributed by atoms with van der Waals surface area (Å²) in [6.45, 7) is 1.32. The van der Waals surface area contributed by atoms with Crippen molar-refractivity contribution in [1.29, 1.82) is 0 Å². The van der Waals surface area contributed by atoms with Crippen molar-refractivity contribution in [2.24, 2.45) is 0 Å². The van der Waals surface area contributed by atoms with Crippen LogP contribution in [0, 0.1) is 6.54 Å². The molecule has 0 aromatic carbocycles. The van der Waals surface area contributed by atoms with E-state index in [-0.39, 0.29) is 13.0 Å². The molecule has 0 bridgehead atoms. The second-order valence-electron chi connectivity index (χ2n) is 2.06. The van der Waals surface area contributed by atoms with Gasteiger partial charge in [0.25, 0.3) is 0 Å². The van der Waals surface area contributed by atoms with Gasteiger partial charge >= 0.3 is 5.97 Å². The summed E-state index contributed by atoms with van der Waals surface area (Å²) in [7, 11) is 0. The molecule has 0 aromatic heterocycles. The monoisotopic (exact) mass is 132 g/mol. The Bertz CT molecular complexity index is 131. The number of alkyl halides is 1. The predicted molar refractivity (Wildman–Crippen MR) is 28.4 cm³/mol. The molecule has 1 atom stereocenters. The summed E-state index contributed by atoms with van der Waals surface area (Å²) >= 11 is 0. The lowest BCUT2D eigenvalue weighted by molar-refractivity contribution is -0.149. The van der Waals surface area contributed by atoms with Crippen LogP contribution in [0.4, 0.5) is 4.39 Å². The van der Waals surface area contributed by atoms with E-state index < -0.39 is 11.6 Å². The zero-order valence-corrected chi connectivity index (χ0v) is 4.72. The number of rotatable bonds is 1. The van der Waals surface area contributed by atoms with Crippen LogP contribution in [0.3, 0.4) is 0 Å². The Kier molecular flexibility index (Phi) is 1.40. The number of nitrogens with one attached hydrogen (secondary N) is 1. The van der Waals surface area contributed by atoms with E-state index in [1.807, 2.05) is 0 Å². The average Bonchev–Trinajstić information content (AvgIpc) is 2.16. The molecule has 0 saturated carbocycles. The Balaban J connectivity index is 2.61. The van der Waals surface area contributed by atoms with E-state index in [0.29, 0.717) is 0 Å². The van der Waals surface area contributed by atoms with Crippen molar-refractivity contribution in [3.8, 4) is 0 Å². The van der Waals surface area contributed by atoms with E-state index in [1.54, 1.807) is 0 Å². The molecule has 0 amide bonds. The van der Waals surface area contributed by atoms with Gasteiger partial charge in [-0.15, -0.1) is 0 Å². The number of hydrogen-bond acceptors (Lipinski definition) is 2. The van der Waals surface area contributed by atoms with Crippen LogP contribution in [0.25, 0.3) is 0 Å². The van der Waals surface area contributed by atoms with E-state index in [1.165, 1.54) is 6.54 Å². The van der Waals surface area contributed by atoms with Crippen molar-refractivity contribution in [3.63, 3.8) is 0 Å². The van der Waals surface area contributed by atoms with Gasteiger partial charge in [0.2, 0.25) is 5.67 Å². The Morgan fingerprint density at radius 2 is 2.56 bits per heavy atom. The third-order valence-electron chi connectivity index (χ3n) is 1.34. The normalized spacial score (nSPS) is 34.8. The molecule has 3 nitrogen and oxygen atoms in total.